The van der Waals surface area contributed by atoms with Crippen LogP contribution in [0.15, 0.2) is 6.07 Å². The molecule has 3 nitrogen and oxygen atoms in total. The van der Waals surface area contributed by atoms with Crippen LogP contribution in [0.2, 0.25) is 0 Å². The van der Waals surface area contributed by atoms with Gasteiger partial charge in [-0.1, -0.05) is 0 Å². The lowest BCUT2D eigenvalue weighted by molar-refractivity contribution is 0.595. The SMILES string of the molecule is Cc1cc(C(C)n2c(C3CC3)n[nH]c2=S)c(C)s1. The van der Waals surface area contributed by atoms with Crippen molar-refractivity contribution < 1.29 is 0 Å². The van der Waals surface area contributed by atoms with Gasteiger partial charge in [0, 0.05) is 15.7 Å². The molecule has 0 bridgehead atoms. The molecule has 1 N–H and O–H groups in total. The van der Waals surface area contributed by atoms with E-state index in [1.165, 1.54) is 28.2 Å². The predicted molar refractivity (Wildman–Crippen MR) is 77.0 cm³/mol. The first-order valence-electron chi connectivity index (χ1n) is 6.31. The molecule has 1 fully saturated rings. The Labute approximate surface area is 116 Å². The van der Waals surface area contributed by atoms with E-state index >= 15 is 0 Å². The summed E-state index contributed by atoms with van der Waals surface area (Å²) in [6.45, 7) is 6.56. The van der Waals surface area contributed by atoms with Crippen LogP contribution in [-0.4, -0.2) is 14.8 Å². The molecule has 2 heterocycles. The standard InChI is InChI=1S/C13H17N3S2/c1-7-6-11(9(3)18-7)8(2)16-12(10-4-5-10)14-15-13(16)17/h6,8,10H,4-5H2,1-3H3,(H,15,17). The molecule has 0 spiro atoms. The number of aromatic amines is 1. The molecule has 1 atom stereocenters. The number of nitrogens with one attached hydrogen (secondary N) is 1. The number of nitrogens with zero attached hydrogens (tertiary/aromatic N) is 2. The highest BCUT2D eigenvalue weighted by Gasteiger charge is 2.31. The van der Waals surface area contributed by atoms with Crippen molar-refractivity contribution in [1.82, 2.24) is 14.8 Å². The van der Waals surface area contributed by atoms with E-state index in [9.17, 15) is 0 Å². The molecule has 5 heteroatoms. The summed E-state index contributed by atoms with van der Waals surface area (Å²) in [6, 6.07) is 2.55. The van der Waals surface area contributed by atoms with Crippen molar-refractivity contribution >= 4 is 23.6 Å². The summed E-state index contributed by atoms with van der Waals surface area (Å²) in [4.78, 5) is 2.74. The second kappa shape index (κ2) is 4.31. The summed E-state index contributed by atoms with van der Waals surface area (Å²) >= 11 is 7.25. The Morgan fingerprint density at radius 1 is 1.50 bits per heavy atom. The third kappa shape index (κ3) is 1.95. The minimum atomic E-state index is 0.275. The average molecular weight is 279 g/mol. The Kier molecular flexibility index (Phi) is 2.90. The van der Waals surface area contributed by atoms with Gasteiger partial charge in [0.1, 0.15) is 5.82 Å². The summed E-state index contributed by atoms with van der Waals surface area (Å²) in [5.41, 5.74) is 1.37. The van der Waals surface area contributed by atoms with Gasteiger partial charge in [-0.15, -0.1) is 11.3 Å². The van der Waals surface area contributed by atoms with E-state index < -0.39 is 0 Å². The molecule has 0 aromatic carbocycles. The molecule has 1 unspecified atom stereocenters. The van der Waals surface area contributed by atoms with E-state index in [0.29, 0.717) is 5.92 Å². The molecule has 0 radical (unpaired) electrons. The van der Waals surface area contributed by atoms with Crippen LogP contribution in [-0.2, 0) is 0 Å². The van der Waals surface area contributed by atoms with Gasteiger partial charge in [0.15, 0.2) is 4.77 Å². The highest BCUT2D eigenvalue weighted by Crippen LogP contribution is 2.41. The predicted octanol–water partition coefficient (Wildman–Crippen LogP) is 4.11. The number of hydrogen-bond donors (Lipinski definition) is 1. The van der Waals surface area contributed by atoms with Crippen LogP contribution in [0.25, 0.3) is 0 Å². The van der Waals surface area contributed by atoms with Gasteiger partial charge in [0.2, 0.25) is 0 Å². The monoisotopic (exact) mass is 279 g/mol. The van der Waals surface area contributed by atoms with Gasteiger partial charge in [0.05, 0.1) is 6.04 Å². The highest BCUT2D eigenvalue weighted by atomic mass is 32.1. The molecule has 96 valence electrons. The van der Waals surface area contributed by atoms with Crippen molar-refractivity contribution in [2.45, 2.75) is 45.6 Å². The first kappa shape index (κ1) is 12.1. The van der Waals surface area contributed by atoms with E-state index in [1.807, 2.05) is 11.3 Å². The summed E-state index contributed by atoms with van der Waals surface area (Å²) in [5, 5.41) is 7.36. The molecular weight excluding hydrogens is 262 g/mol. The van der Waals surface area contributed by atoms with E-state index in [1.54, 1.807) is 0 Å². The van der Waals surface area contributed by atoms with Crippen molar-refractivity contribution in [3.63, 3.8) is 0 Å². The van der Waals surface area contributed by atoms with E-state index in [2.05, 4.69) is 41.6 Å². The van der Waals surface area contributed by atoms with Crippen molar-refractivity contribution in [1.29, 1.82) is 0 Å². The van der Waals surface area contributed by atoms with E-state index in [4.69, 9.17) is 12.2 Å². The smallest absolute Gasteiger partial charge is 0.195 e. The van der Waals surface area contributed by atoms with Gasteiger partial charge in [-0.05, 0) is 57.5 Å². The Bertz CT molecular complexity index is 631. The summed E-state index contributed by atoms with van der Waals surface area (Å²) in [7, 11) is 0. The van der Waals surface area contributed by atoms with Crippen LogP contribution in [0.1, 0.15) is 52.9 Å². The molecule has 1 aliphatic rings. The van der Waals surface area contributed by atoms with Crippen LogP contribution in [0.5, 0.6) is 0 Å². The van der Waals surface area contributed by atoms with Gasteiger partial charge in [0.25, 0.3) is 0 Å². The Morgan fingerprint density at radius 3 is 2.78 bits per heavy atom. The largest absolute Gasteiger partial charge is 0.297 e. The minimum absolute atomic E-state index is 0.275. The van der Waals surface area contributed by atoms with Gasteiger partial charge in [-0.25, -0.2) is 0 Å². The van der Waals surface area contributed by atoms with Crippen molar-refractivity contribution in [2.24, 2.45) is 0 Å². The molecule has 2 aromatic rings. The Hall–Kier alpha value is -0.940. The molecule has 0 saturated heterocycles. The van der Waals surface area contributed by atoms with Crippen LogP contribution in [0.3, 0.4) is 0 Å². The van der Waals surface area contributed by atoms with E-state index in [-0.39, 0.29) is 6.04 Å². The lowest BCUT2D eigenvalue weighted by Gasteiger charge is -2.15. The molecular formula is C13H17N3S2. The number of aromatic nitrogens is 3. The summed E-state index contributed by atoms with van der Waals surface area (Å²) in [6.07, 6.45) is 2.49. The molecule has 3 rings (SSSR count). The van der Waals surface area contributed by atoms with Crippen molar-refractivity contribution in [2.75, 3.05) is 0 Å². The Balaban J connectivity index is 2.06. The van der Waals surface area contributed by atoms with Crippen molar-refractivity contribution in [3.8, 4) is 0 Å². The molecule has 0 aliphatic heterocycles. The minimum Gasteiger partial charge on any atom is -0.297 e. The number of rotatable bonds is 3. The maximum atomic E-state index is 5.39. The summed E-state index contributed by atoms with van der Waals surface area (Å²) < 4.78 is 2.94. The van der Waals surface area contributed by atoms with Gasteiger partial charge in [-0.2, -0.15) is 5.10 Å². The fourth-order valence-corrected chi connectivity index (χ4v) is 3.84. The molecule has 1 saturated carbocycles. The lowest BCUT2D eigenvalue weighted by Crippen LogP contribution is -2.10. The Morgan fingerprint density at radius 2 is 2.22 bits per heavy atom. The first-order valence-corrected chi connectivity index (χ1v) is 7.54. The van der Waals surface area contributed by atoms with Crippen LogP contribution >= 0.6 is 23.6 Å². The summed E-state index contributed by atoms with van der Waals surface area (Å²) in [5.74, 6) is 1.75. The van der Waals surface area contributed by atoms with Crippen molar-refractivity contribution in [3.05, 3.63) is 32.0 Å². The average Bonchev–Trinajstić information content (AvgIpc) is 3.01. The fourth-order valence-electron chi connectivity index (χ4n) is 2.53. The first-order chi connectivity index (χ1) is 8.58. The third-order valence-electron chi connectivity index (χ3n) is 3.59. The maximum absolute atomic E-state index is 5.39. The quantitative estimate of drug-likeness (QED) is 0.858. The third-order valence-corrected chi connectivity index (χ3v) is 4.86. The van der Waals surface area contributed by atoms with Gasteiger partial charge < -0.3 is 0 Å². The van der Waals surface area contributed by atoms with Crippen LogP contribution in [0, 0.1) is 18.6 Å². The van der Waals surface area contributed by atoms with Crippen LogP contribution in [0.4, 0.5) is 0 Å². The fraction of sp³-hybridized carbons (Fsp3) is 0.538. The number of hydrogen-bond acceptors (Lipinski definition) is 3. The molecule has 18 heavy (non-hydrogen) atoms. The van der Waals surface area contributed by atoms with Gasteiger partial charge >= 0.3 is 0 Å². The molecule has 0 amide bonds. The zero-order valence-corrected chi connectivity index (χ0v) is 12.5. The second-order valence-electron chi connectivity index (χ2n) is 5.08. The lowest BCUT2D eigenvalue weighted by atomic mass is 10.1. The highest BCUT2D eigenvalue weighted by molar-refractivity contribution is 7.71. The molecule has 1 aliphatic carbocycles. The second-order valence-corrected chi connectivity index (χ2v) is 6.92. The van der Waals surface area contributed by atoms with Gasteiger partial charge in [-0.3, -0.25) is 9.67 Å². The van der Waals surface area contributed by atoms with Crippen LogP contribution < -0.4 is 0 Å². The van der Waals surface area contributed by atoms with E-state index in [0.717, 1.165) is 10.6 Å². The number of thiophene rings is 1. The zero-order valence-electron chi connectivity index (χ0n) is 10.9. The number of H-pyrrole nitrogens is 1. The zero-order chi connectivity index (χ0) is 12.9. The normalized spacial score (nSPS) is 17.1. The number of aryl methyl sites for hydroxylation is 2. The maximum Gasteiger partial charge on any atom is 0.195 e. The molecule has 2 aromatic heterocycles. The topological polar surface area (TPSA) is 33.6 Å².